The first-order valence-electron chi connectivity index (χ1n) is 32.5. The van der Waals surface area contributed by atoms with E-state index in [0.717, 1.165) is 77.0 Å². The first-order valence-corrected chi connectivity index (χ1v) is 32.5. The number of unbranched alkanes of at least 4 members (excludes halogenated alkanes) is 24. The van der Waals surface area contributed by atoms with Crippen LogP contribution in [0.3, 0.4) is 0 Å². The van der Waals surface area contributed by atoms with E-state index in [1.54, 1.807) is 6.08 Å². The molecule has 0 radical (unpaired) electrons. The fourth-order valence-electron chi connectivity index (χ4n) is 10.1. The van der Waals surface area contributed by atoms with Gasteiger partial charge in [-0.25, -0.2) is 0 Å². The monoisotopic (exact) mass is 1160 g/mol. The number of allylic oxidation sites excluding steroid dienone is 15. The molecule has 0 saturated carbocycles. The molecule has 12 unspecified atom stereocenters. The molecule has 82 heavy (non-hydrogen) atoms. The third-order valence-electron chi connectivity index (χ3n) is 15.2. The SMILES string of the molecule is CC/C=C\C/C=C\C/C=C\C/C=C\C/C=C\CCCCCCCCCCCCCCCCCCCCCC(=O)NC(COC1OC(CO)C(OC2OC(CO)C(O)C(O)C2O)C(O)C1O)C(O)/C=C/CC/C=C/CC/C=C/CCCCC. The van der Waals surface area contributed by atoms with Gasteiger partial charge in [0.1, 0.15) is 48.8 Å². The van der Waals surface area contributed by atoms with Crippen LogP contribution in [-0.2, 0) is 23.7 Å². The van der Waals surface area contributed by atoms with Crippen molar-refractivity contribution in [2.75, 3.05) is 19.8 Å². The summed E-state index contributed by atoms with van der Waals surface area (Å²) < 4.78 is 22.7. The standard InChI is InChI=1S/C68H117NO13/c1-3-5-7-9-11-13-15-17-18-19-20-21-22-23-24-25-26-27-28-29-30-31-32-33-34-35-36-37-38-40-42-44-46-48-50-52-60(73)69-56(57(72)51-49-47-45-43-41-39-16-14-12-10-8-6-4-2)55-79-67-65(78)63(76)66(59(54-71)81-67)82-68-64(77)62(75)61(74)58(53-70)80-68/h5,7,11-14,17-18,20-21,23-24,41,43,49,51,56-59,61-68,70-72,74-78H,3-4,6,8-10,15-16,19,22,25-40,42,44-48,50,52-55H2,1-2H3,(H,69,73)/b7-5-,13-11-,14-12+,18-17-,21-20-,24-23-,43-41+,51-49+. The van der Waals surface area contributed by atoms with Gasteiger partial charge in [-0.3, -0.25) is 4.79 Å². The Bertz CT molecular complexity index is 1740. The molecule has 12 atom stereocenters. The van der Waals surface area contributed by atoms with E-state index >= 15 is 0 Å². The van der Waals surface area contributed by atoms with Gasteiger partial charge in [-0.05, 0) is 89.9 Å². The lowest BCUT2D eigenvalue weighted by atomic mass is 9.97. The van der Waals surface area contributed by atoms with Crippen LogP contribution in [0.1, 0.15) is 232 Å². The van der Waals surface area contributed by atoms with E-state index in [4.69, 9.17) is 18.9 Å². The van der Waals surface area contributed by atoms with Crippen LogP contribution < -0.4 is 5.32 Å². The average molecular weight is 1160 g/mol. The summed E-state index contributed by atoms with van der Waals surface area (Å²) in [6.45, 7) is 2.62. The Labute approximate surface area is 496 Å². The van der Waals surface area contributed by atoms with Crippen LogP contribution in [0.25, 0.3) is 0 Å². The summed E-state index contributed by atoms with van der Waals surface area (Å²) in [5.74, 6) is -0.255. The second-order valence-electron chi connectivity index (χ2n) is 22.5. The van der Waals surface area contributed by atoms with Crippen molar-refractivity contribution >= 4 is 5.91 Å². The molecule has 2 fully saturated rings. The van der Waals surface area contributed by atoms with Crippen LogP contribution >= 0.6 is 0 Å². The van der Waals surface area contributed by atoms with Crippen LogP contribution in [0.5, 0.6) is 0 Å². The second kappa shape index (κ2) is 52.3. The van der Waals surface area contributed by atoms with Crippen molar-refractivity contribution < 1.29 is 64.6 Å². The van der Waals surface area contributed by atoms with Gasteiger partial charge in [0, 0.05) is 6.42 Å². The number of aliphatic hydroxyl groups is 8. The Kier molecular flexibility index (Phi) is 47.8. The van der Waals surface area contributed by atoms with Crippen LogP contribution in [0.4, 0.5) is 0 Å². The highest BCUT2D eigenvalue weighted by molar-refractivity contribution is 5.76. The molecule has 0 bridgehead atoms. The number of carbonyl (C=O) groups excluding carboxylic acids is 1. The Morgan fingerprint density at radius 3 is 1.34 bits per heavy atom. The van der Waals surface area contributed by atoms with Crippen LogP contribution in [-0.4, -0.2) is 140 Å². The van der Waals surface area contributed by atoms with Gasteiger partial charge in [0.25, 0.3) is 0 Å². The molecular formula is C68H117NO13. The fourth-order valence-corrected chi connectivity index (χ4v) is 10.1. The zero-order valence-corrected chi connectivity index (χ0v) is 50.9. The molecule has 0 aromatic carbocycles. The highest BCUT2D eigenvalue weighted by atomic mass is 16.7. The highest BCUT2D eigenvalue weighted by Gasteiger charge is 2.51. The maximum atomic E-state index is 13.3. The van der Waals surface area contributed by atoms with Crippen molar-refractivity contribution in [1.29, 1.82) is 0 Å². The predicted molar refractivity (Wildman–Crippen MR) is 332 cm³/mol. The van der Waals surface area contributed by atoms with Crippen LogP contribution in [0.2, 0.25) is 0 Å². The van der Waals surface area contributed by atoms with Crippen LogP contribution in [0, 0.1) is 0 Å². The molecule has 1 amide bonds. The van der Waals surface area contributed by atoms with E-state index in [1.165, 1.54) is 122 Å². The van der Waals surface area contributed by atoms with Gasteiger partial charge in [-0.15, -0.1) is 0 Å². The molecule has 2 rings (SSSR count). The number of carbonyl (C=O) groups is 1. The van der Waals surface area contributed by atoms with Gasteiger partial charge in [0.05, 0.1) is 32.0 Å². The number of hydrogen-bond acceptors (Lipinski definition) is 13. The zero-order valence-electron chi connectivity index (χ0n) is 50.9. The topological polar surface area (TPSA) is 228 Å². The first-order chi connectivity index (χ1) is 40.1. The lowest BCUT2D eigenvalue weighted by molar-refractivity contribution is -0.359. The summed E-state index contributed by atoms with van der Waals surface area (Å²) in [7, 11) is 0. The van der Waals surface area contributed by atoms with E-state index < -0.39 is 86.8 Å². The second-order valence-corrected chi connectivity index (χ2v) is 22.5. The van der Waals surface area contributed by atoms with Gasteiger partial charge >= 0.3 is 0 Å². The van der Waals surface area contributed by atoms with Crippen molar-refractivity contribution in [3.8, 4) is 0 Å². The summed E-state index contributed by atoms with van der Waals surface area (Å²) in [4.78, 5) is 13.3. The van der Waals surface area contributed by atoms with Crippen molar-refractivity contribution in [3.63, 3.8) is 0 Å². The maximum Gasteiger partial charge on any atom is 0.220 e. The summed E-state index contributed by atoms with van der Waals surface area (Å²) in [6.07, 6.45) is 56.2. The Morgan fingerprint density at radius 1 is 0.451 bits per heavy atom. The quantitative estimate of drug-likeness (QED) is 0.0204. The van der Waals surface area contributed by atoms with Crippen LogP contribution in [0.15, 0.2) is 97.2 Å². The molecular weight excluding hydrogens is 1040 g/mol. The third kappa shape index (κ3) is 36.7. The summed E-state index contributed by atoms with van der Waals surface area (Å²) in [5, 5.41) is 87.0. The number of aliphatic hydroxyl groups excluding tert-OH is 8. The summed E-state index contributed by atoms with van der Waals surface area (Å²) in [5.41, 5.74) is 0. The fraction of sp³-hybridized carbons (Fsp3) is 0.750. The van der Waals surface area contributed by atoms with Crippen molar-refractivity contribution in [3.05, 3.63) is 97.2 Å². The molecule has 0 spiro atoms. The average Bonchev–Trinajstić information content (AvgIpc) is 3.56. The Hall–Kier alpha value is -3.09. The minimum Gasteiger partial charge on any atom is -0.394 e. The van der Waals surface area contributed by atoms with E-state index in [9.17, 15) is 45.6 Å². The molecule has 2 saturated heterocycles. The van der Waals surface area contributed by atoms with Gasteiger partial charge in [-0.1, -0.05) is 233 Å². The molecule has 0 aromatic heterocycles. The summed E-state index contributed by atoms with van der Waals surface area (Å²) >= 11 is 0. The minimum atomic E-state index is -1.79. The molecule has 14 nitrogen and oxygen atoms in total. The molecule has 2 aliphatic heterocycles. The van der Waals surface area contributed by atoms with Crippen molar-refractivity contribution in [2.45, 2.75) is 306 Å². The lowest BCUT2D eigenvalue weighted by Gasteiger charge is -2.46. The van der Waals surface area contributed by atoms with E-state index in [0.29, 0.717) is 12.8 Å². The van der Waals surface area contributed by atoms with Crippen molar-refractivity contribution in [1.82, 2.24) is 5.32 Å². The Balaban J connectivity index is 1.62. The number of rotatable bonds is 51. The largest absolute Gasteiger partial charge is 0.394 e. The number of hydrogen-bond donors (Lipinski definition) is 9. The van der Waals surface area contributed by atoms with Gasteiger partial charge < -0.3 is 65.1 Å². The van der Waals surface area contributed by atoms with Gasteiger partial charge in [0.2, 0.25) is 5.91 Å². The smallest absolute Gasteiger partial charge is 0.220 e. The molecule has 2 heterocycles. The lowest BCUT2D eigenvalue weighted by Crippen LogP contribution is -2.65. The normalized spacial score (nSPS) is 24.6. The zero-order chi connectivity index (χ0) is 59.5. The Morgan fingerprint density at radius 2 is 0.854 bits per heavy atom. The molecule has 472 valence electrons. The minimum absolute atomic E-state index is 0.255. The molecule has 0 aromatic rings. The maximum absolute atomic E-state index is 13.3. The molecule has 14 heteroatoms. The number of nitrogens with one attached hydrogen (secondary N) is 1. The van der Waals surface area contributed by atoms with Gasteiger partial charge in [-0.2, -0.15) is 0 Å². The van der Waals surface area contributed by atoms with Crippen molar-refractivity contribution in [2.24, 2.45) is 0 Å². The van der Waals surface area contributed by atoms with Gasteiger partial charge in [0.15, 0.2) is 12.6 Å². The van der Waals surface area contributed by atoms with E-state index in [2.05, 4.69) is 104 Å². The third-order valence-corrected chi connectivity index (χ3v) is 15.2. The summed E-state index contributed by atoms with van der Waals surface area (Å²) in [6, 6.07) is -0.940. The number of amides is 1. The van der Waals surface area contributed by atoms with E-state index in [1.807, 2.05) is 6.08 Å². The predicted octanol–water partition coefficient (Wildman–Crippen LogP) is 12.2. The van der Waals surface area contributed by atoms with E-state index in [-0.39, 0.29) is 18.9 Å². The molecule has 2 aliphatic rings. The number of ether oxygens (including phenoxy) is 4. The highest BCUT2D eigenvalue weighted by Crippen LogP contribution is 2.30. The molecule has 9 N–H and O–H groups in total. The first kappa shape index (κ1) is 75.0. The molecule has 0 aliphatic carbocycles.